The van der Waals surface area contributed by atoms with Gasteiger partial charge in [-0.25, -0.2) is 0 Å². The fourth-order valence-corrected chi connectivity index (χ4v) is 7.60. The first-order valence-corrected chi connectivity index (χ1v) is 16.2. The largest absolute Gasteiger partial charge is 0.469 e. The highest BCUT2D eigenvalue weighted by molar-refractivity contribution is 5.90. The monoisotopic (exact) mass is 608 g/mol. The van der Waals surface area contributed by atoms with Crippen LogP contribution in [0.2, 0.25) is 0 Å². The van der Waals surface area contributed by atoms with E-state index in [0.29, 0.717) is 18.5 Å². The van der Waals surface area contributed by atoms with Gasteiger partial charge >= 0.3 is 5.97 Å². The number of nitrogens with one attached hydrogen (secondary N) is 2. The number of carbonyl (C=O) groups is 4. The van der Waals surface area contributed by atoms with Crippen molar-refractivity contribution in [2.24, 2.45) is 23.7 Å². The van der Waals surface area contributed by atoms with Crippen LogP contribution >= 0.6 is 0 Å². The molecule has 43 heavy (non-hydrogen) atoms. The molecule has 2 saturated heterocycles. The van der Waals surface area contributed by atoms with Crippen molar-refractivity contribution in [2.75, 3.05) is 34.9 Å². The maximum atomic E-state index is 14.0. The number of hydrogen-bond acceptors (Lipinski definition) is 8. The van der Waals surface area contributed by atoms with Gasteiger partial charge < -0.3 is 34.6 Å². The van der Waals surface area contributed by atoms with Gasteiger partial charge in [-0.15, -0.1) is 0 Å². The summed E-state index contributed by atoms with van der Waals surface area (Å²) in [5, 5.41) is 6.49. The highest BCUT2D eigenvalue weighted by Gasteiger charge is 2.45. The summed E-state index contributed by atoms with van der Waals surface area (Å²) in [6, 6.07) is -1.20. The number of carbonyl (C=O) groups excluding carboxylic acids is 4. The van der Waals surface area contributed by atoms with E-state index in [4.69, 9.17) is 14.2 Å². The molecule has 3 fully saturated rings. The Morgan fingerprint density at radius 1 is 1.02 bits per heavy atom. The number of piperidine rings is 1. The molecule has 0 spiro atoms. The fraction of sp³-hybridized carbons (Fsp3) is 0.875. The van der Waals surface area contributed by atoms with E-state index in [1.165, 1.54) is 7.11 Å². The van der Waals surface area contributed by atoms with Gasteiger partial charge in [0.2, 0.25) is 17.7 Å². The Kier molecular flexibility index (Phi) is 12.8. The molecule has 2 aliphatic heterocycles. The maximum Gasteiger partial charge on any atom is 0.311 e. The highest BCUT2D eigenvalue weighted by atomic mass is 16.5. The van der Waals surface area contributed by atoms with Crippen LogP contribution in [0.4, 0.5) is 0 Å². The quantitative estimate of drug-likeness (QED) is 0.272. The topological polar surface area (TPSA) is 127 Å². The van der Waals surface area contributed by atoms with Crippen molar-refractivity contribution in [3.8, 4) is 0 Å². The molecule has 0 aromatic carbocycles. The second-order valence-electron chi connectivity index (χ2n) is 13.3. The molecule has 0 radical (unpaired) electrons. The molecular weight excluding hydrogens is 552 g/mol. The van der Waals surface area contributed by atoms with Crippen molar-refractivity contribution in [1.29, 1.82) is 0 Å². The summed E-state index contributed by atoms with van der Waals surface area (Å²) in [5.41, 5.74) is 0. The zero-order chi connectivity index (χ0) is 32.0. The third kappa shape index (κ3) is 7.89. The van der Waals surface area contributed by atoms with Crippen LogP contribution in [-0.4, -0.2) is 111 Å². The third-order valence-electron chi connectivity index (χ3n) is 10.3. The predicted octanol–water partition coefficient (Wildman–Crippen LogP) is 2.36. The van der Waals surface area contributed by atoms with Crippen molar-refractivity contribution in [3.05, 3.63) is 0 Å². The van der Waals surface area contributed by atoms with E-state index in [0.717, 1.165) is 38.5 Å². The van der Waals surface area contributed by atoms with Crippen LogP contribution in [0, 0.1) is 23.7 Å². The first kappa shape index (κ1) is 35.2. The molecule has 10 atom stereocenters. The summed E-state index contributed by atoms with van der Waals surface area (Å²) < 4.78 is 16.6. The van der Waals surface area contributed by atoms with Crippen molar-refractivity contribution in [3.63, 3.8) is 0 Å². The molecule has 2 unspecified atom stereocenters. The summed E-state index contributed by atoms with van der Waals surface area (Å²) in [6.07, 6.45) is 4.50. The molecule has 1 aliphatic carbocycles. The molecule has 11 nitrogen and oxygen atoms in total. The van der Waals surface area contributed by atoms with E-state index in [1.54, 1.807) is 38.0 Å². The fourth-order valence-electron chi connectivity index (χ4n) is 7.60. The molecule has 246 valence electrons. The lowest BCUT2D eigenvalue weighted by Gasteiger charge is -2.41. The number of hydrogen-bond donors (Lipinski definition) is 2. The van der Waals surface area contributed by atoms with Crippen molar-refractivity contribution >= 4 is 23.7 Å². The number of nitrogens with zero attached hydrogens (tertiary/aromatic N) is 2. The zero-order valence-corrected chi connectivity index (χ0v) is 27.8. The Morgan fingerprint density at radius 2 is 1.72 bits per heavy atom. The van der Waals surface area contributed by atoms with Crippen molar-refractivity contribution in [1.82, 2.24) is 20.4 Å². The van der Waals surface area contributed by atoms with Crippen molar-refractivity contribution in [2.45, 2.75) is 122 Å². The van der Waals surface area contributed by atoms with Gasteiger partial charge in [0.25, 0.3) is 0 Å². The predicted molar refractivity (Wildman–Crippen MR) is 163 cm³/mol. The smallest absolute Gasteiger partial charge is 0.311 e. The van der Waals surface area contributed by atoms with Crippen LogP contribution in [0.3, 0.4) is 0 Å². The van der Waals surface area contributed by atoms with Gasteiger partial charge in [0.05, 0.1) is 49.8 Å². The van der Waals surface area contributed by atoms with Gasteiger partial charge in [0.15, 0.2) is 0 Å². The normalized spacial score (nSPS) is 27.3. The Labute approximate surface area is 258 Å². The summed E-state index contributed by atoms with van der Waals surface area (Å²) in [7, 11) is 6.24. The van der Waals surface area contributed by atoms with Crippen LogP contribution in [0.25, 0.3) is 0 Å². The average Bonchev–Trinajstić information content (AvgIpc) is 3.76. The third-order valence-corrected chi connectivity index (χ3v) is 10.3. The molecule has 2 bridgehead atoms. The van der Waals surface area contributed by atoms with Crippen LogP contribution in [-0.2, 0) is 33.4 Å². The van der Waals surface area contributed by atoms with Gasteiger partial charge in [0, 0.05) is 33.9 Å². The van der Waals surface area contributed by atoms with Crippen LogP contribution < -0.4 is 10.6 Å². The number of likely N-dealkylation sites (tertiary alicyclic amines) is 1. The molecule has 3 amide bonds. The second kappa shape index (κ2) is 15.7. The summed E-state index contributed by atoms with van der Waals surface area (Å²) >= 11 is 0. The number of esters is 1. The summed E-state index contributed by atoms with van der Waals surface area (Å²) in [5.74, 6) is -1.06. The minimum Gasteiger partial charge on any atom is -0.469 e. The lowest BCUT2D eigenvalue weighted by molar-refractivity contribution is -0.154. The molecule has 0 aromatic heterocycles. The number of amides is 3. The van der Waals surface area contributed by atoms with E-state index in [1.807, 2.05) is 13.8 Å². The molecule has 0 aromatic rings. The Morgan fingerprint density at radius 3 is 2.23 bits per heavy atom. The Bertz CT molecular complexity index is 977. The lowest BCUT2D eigenvalue weighted by Crippen LogP contribution is -2.59. The van der Waals surface area contributed by atoms with E-state index in [2.05, 4.69) is 24.5 Å². The first-order valence-electron chi connectivity index (χ1n) is 16.2. The van der Waals surface area contributed by atoms with E-state index in [-0.39, 0.29) is 54.0 Å². The standard InChI is InChI=1S/C32H56N4O7/c1-10-19(4)28(35(6)31(39)26(18(2)3)34-30(38)27-21-13-14-22(16-21)33-27)24(41-7)17-25(37)36-15-11-12-23(36)29(42-8)20(5)32(40)43-9/h18-24,26-29,33H,10-17H2,1-9H3,(H,34,38)/t19-,20+,21-,22+,23?,24+,26?,27-,28-,29+/m0/s1. The Balaban J connectivity index is 1.76. The van der Waals surface area contributed by atoms with Gasteiger partial charge in [-0.05, 0) is 56.8 Å². The van der Waals surface area contributed by atoms with E-state index >= 15 is 0 Å². The highest BCUT2D eigenvalue weighted by Crippen LogP contribution is 2.35. The number of rotatable bonds is 15. The molecule has 2 N–H and O–H groups in total. The first-order chi connectivity index (χ1) is 20.4. The molecule has 2 heterocycles. The molecule has 1 saturated carbocycles. The zero-order valence-electron chi connectivity index (χ0n) is 27.8. The van der Waals surface area contributed by atoms with Gasteiger partial charge in [0.1, 0.15) is 6.04 Å². The SMILES string of the molecule is CC[C@H](C)[C@@H]([C@@H](CC(=O)N1CCCC1[C@H](OC)[C@@H](C)C(=O)OC)OC)N(C)C(=O)C(NC(=O)[C@H]1N[C@@H]2CC[C@H]1C2)C(C)C. The van der Waals surface area contributed by atoms with E-state index in [9.17, 15) is 19.2 Å². The Hall–Kier alpha value is -2.24. The number of ether oxygens (including phenoxy) is 3. The van der Waals surface area contributed by atoms with Crippen LogP contribution in [0.5, 0.6) is 0 Å². The average molecular weight is 609 g/mol. The minimum absolute atomic E-state index is 0.0305. The number of methoxy groups -OCH3 is 3. The molecule has 3 rings (SSSR count). The maximum absolute atomic E-state index is 14.0. The van der Waals surface area contributed by atoms with Crippen LogP contribution in [0.15, 0.2) is 0 Å². The summed E-state index contributed by atoms with van der Waals surface area (Å²) in [6.45, 7) is 10.3. The van der Waals surface area contributed by atoms with Crippen LogP contribution in [0.1, 0.15) is 79.6 Å². The number of likely N-dealkylation sites (N-methyl/N-ethyl adjacent to an activating group) is 1. The van der Waals surface area contributed by atoms with Gasteiger partial charge in [-0.2, -0.15) is 0 Å². The van der Waals surface area contributed by atoms with E-state index < -0.39 is 30.2 Å². The lowest BCUT2D eigenvalue weighted by atomic mass is 9.89. The van der Waals surface area contributed by atoms with Crippen molar-refractivity contribution < 1.29 is 33.4 Å². The second-order valence-corrected chi connectivity index (χ2v) is 13.3. The van der Waals surface area contributed by atoms with Gasteiger partial charge in [-0.1, -0.05) is 34.1 Å². The minimum atomic E-state index is -0.691. The number of fused-ring (bicyclic) bond motifs is 2. The molecule has 3 aliphatic rings. The molecule has 11 heteroatoms. The summed E-state index contributed by atoms with van der Waals surface area (Å²) in [4.78, 5) is 56.9. The molecular formula is C32H56N4O7. The van der Waals surface area contributed by atoms with Gasteiger partial charge in [-0.3, -0.25) is 19.2 Å².